The van der Waals surface area contributed by atoms with Crippen LogP contribution in [0.15, 0.2) is 28.0 Å². The van der Waals surface area contributed by atoms with E-state index in [1.807, 2.05) is 0 Å². The zero-order valence-corrected chi connectivity index (χ0v) is 14.0. The van der Waals surface area contributed by atoms with Crippen LogP contribution in [0, 0.1) is 5.82 Å². The summed E-state index contributed by atoms with van der Waals surface area (Å²) in [4.78, 5) is 11.2. The SMILES string of the molecule is CCC(=O)NCCOc1nonc1/C(=N\O)N[C@H]1Cc2ccc(F)cc21. The van der Waals surface area contributed by atoms with Crippen molar-refractivity contribution < 1.29 is 23.8 Å². The van der Waals surface area contributed by atoms with Crippen LogP contribution in [0.25, 0.3) is 0 Å². The van der Waals surface area contributed by atoms with Gasteiger partial charge in [0.1, 0.15) is 12.4 Å². The van der Waals surface area contributed by atoms with Gasteiger partial charge in [-0.05, 0) is 40.0 Å². The second-order valence-corrected chi connectivity index (χ2v) is 5.66. The molecule has 0 bridgehead atoms. The molecule has 1 heterocycles. The first-order valence-electron chi connectivity index (χ1n) is 8.11. The van der Waals surface area contributed by atoms with Crippen LogP contribution in [0.5, 0.6) is 5.88 Å². The molecule has 0 saturated carbocycles. The number of hydrogen-bond donors (Lipinski definition) is 3. The Hall–Kier alpha value is -3.17. The van der Waals surface area contributed by atoms with Crippen LogP contribution in [0.1, 0.15) is 36.2 Å². The molecule has 138 valence electrons. The fourth-order valence-corrected chi connectivity index (χ4v) is 2.60. The Morgan fingerprint density at radius 2 is 2.35 bits per heavy atom. The topological polar surface area (TPSA) is 122 Å². The molecular formula is C16H18FN5O4. The molecule has 3 N–H and O–H groups in total. The zero-order valence-electron chi connectivity index (χ0n) is 14.0. The van der Waals surface area contributed by atoms with Crippen molar-refractivity contribution in [1.29, 1.82) is 0 Å². The van der Waals surface area contributed by atoms with E-state index >= 15 is 0 Å². The van der Waals surface area contributed by atoms with Crippen LogP contribution in [0.2, 0.25) is 0 Å². The molecule has 10 heteroatoms. The molecule has 0 aliphatic heterocycles. The number of aromatic nitrogens is 2. The summed E-state index contributed by atoms with van der Waals surface area (Å²) in [7, 11) is 0. The predicted octanol–water partition coefficient (Wildman–Crippen LogP) is 1.14. The molecule has 9 nitrogen and oxygen atoms in total. The summed E-state index contributed by atoms with van der Waals surface area (Å²) in [6.07, 6.45) is 1.03. The Morgan fingerprint density at radius 3 is 3.12 bits per heavy atom. The molecule has 2 aromatic rings. The summed E-state index contributed by atoms with van der Waals surface area (Å²) >= 11 is 0. The van der Waals surface area contributed by atoms with Gasteiger partial charge in [-0.15, -0.1) is 0 Å². The van der Waals surface area contributed by atoms with Gasteiger partial charge in [0.05, 0.1) is 12.6 Å². The van der Waals surface area contributed by atoms with Crippen LogP contribution in [-0.2, 0) is 11.2 Å². The lowest BCUT2D eigenvalue weighted by atomic mass is 9.83. The molecular weight excluding hydrogens is 345 g/mol. The van der Waals surface area contributed by atoms with Gasteiger partial charge >= 0.3 is 0 Å². The van der Waals surface area contributed by atoms with Gasteiger partial charge in [0.25, 0.3) is 5.88 Å². The second-order valence-electron chi connectivity index (χ2n) is 5.66. The summed E-state index contributed by atoms with van der Waals surface area (Å²) in [5.41, 5.74) is 1.88. The molecule has 1 amide bonds. The Morgan fingerprint density at radius 1 is 1.50 bits per heavy atom. The molecule has 1 aromatic heterocycles. The number of carbonyl (C=O) groups excluding carboxylic acids is 1. The van der Waals surface area contributed by atoms with E-state index in [1.54, 1.807) is 13.0 Å². The van der Waals surface area contributed by atoms with Crippen molar-refractivity contribution >= 4 is 11.7 Å². The molecule has 0 saturated heterocycles. The number of fused-ring (bicyclic) bond motifs is 1. The number of amidine groups is 1. The lowest BCUT2D eigenvalue weighted by Gasteiger charge is -2.31. The largest absolute Gasteiger partial charge is 0.472 e. The van der Waals surface area contributed by atoms with Crippen molar-refractivity contribution in [1.82, 2.24) is 20.9 Å². The van der Waals surface area contributed by atoms with E-state index in [1.165, 1.54) is 12.1 Å². The maximum absolute atomic E-state index is 13.4. The lowest BCUT2D eigenvalue weighted by Crippen LogP contribution is -2.36. The van der Waals surface area contributed by atoms with Gasteiger partial charge in [-0.1, -0.05) is 18.1 Å². The highest BCUT2D eigenvalue weighted by atomic mass is 19.1. The number of carbonyl (C=O) groups is 1. The standard InChI is InChI=1S/C16H18FN5O4/c1-2-13(23)18-5-6-25-16-14(21-26-22-16)15(20-24)19-12-7-9-3-4-10(17)8-11(9)12/h3-4,8,12,24H,2,5-7H2,1H3,(H,18,23)(H,19,20)/t12-/m0/s1. The minimum Gasteiger partial charge on any atom is -0.472 e. The Labute approximate surface area is 148 Å². The number of nitrogens with one attached hydrogen (secondary N) is 2. The normalized spacial score (nSPS) is 15.8. The maximum atomic E-state index is 13.4. The van der Waals surface area contributed by atoms with E-state index in [4.69, 9.17) is 4.74 Å². The van der Waals surface area contributed by atoms with E-state index in [2.05, 4.69) is 30.7 Å². The van der Waals surface area contributed by atoms with Gasteiger partial charge in [-0.2, -0.15) is 0 Å². The van der Waals surface area contributed by atoms with Gasteiger partial charge < -0.3 is 20.6 Å². The number of ether oxygens (including phenoxy) is 1. The summed E-state index contributed by atoms with van der Waals surface area (Å²) in [6, 6.07) is 4.33. The Balaban J connectivity index is 1.61. The number of hydrogen-bond acceptors (Lipinski definition) is 7. The van der Waals surface area contributed by atoms with Gasteiger partial charge in [0.15, 0.2) is 0 Å². The number of rotatable bonds is 7. The number of oxime groups is 1. The molecule has 0 unspecified atom stereocenters. The molecule has 26 heavy (non-hydrogen) atoms. The minimum atomic E-state index is -0.334. The van der Waals surface area contributed by atoms with Crippen molar-refractivity contribution in [3.8, 4) is 5.88 Å². The number of halogens is 1. The molecule has 1 aliphatic carbocycles. The maximum Gasteiger partial charge on any atom is 0.287 e. The fraction of sp³-hybridized carbons (Fsp3) is 0.375. The highest BCUT2D eigenvalue weighted by Crippen LogP contribution is 2.33. The van der Waals surface area contributed by atoms with Gasteiger partial charge in [0, 0.05) is 6.42 Å². The van der Waals surface area contributed by atoms with E-state index < -0.39 is 0 Å². The average Bonchev–Trinajstić information content (AvgIpc) is 3.09. The summed E-state index contributed by atoms with van der Waals surface area (Å²) in [6.45, 7) is 2.17. The monoisotopic (exact) mass is 363 g/mol. The molecule has 0 spiro atoms. The lowest BCUT2D eigenvalue weighted by molar-refractivity contribution is -0.120. The quantitative estimate of drug-likeness (QED) is 0.222. The number of benzene rings is 1. The van der Waals surface area contributed by atoms with Crippen LogP contribution < -0.4 is 15.4 Å². The average molecular weight is 363 g/mol. The Kier molecular flexibility index (Phi) is 5.30. The van der Waals surface area contributed by atoms with Crippen LogP contribution in [-0.4, -0.2) is 40.4 Å². The van der Waals surface area contributed by atoms with E-state index in [0.29, 0.717) is 12.8 Å². The third-order valence-electron chi connectivity index (χ3n) is 3.99. The molecule has 3 rings (SSSR count). The fourth-order valence-electron chi connectivity index (χ4n) is 2.60. The van der Waals surface area contributed by atoms with Gasteiger partial charge in [-0.3, -0.25) is 4.79 Å². The molecule has 0 radical (unpaired) electrons. The summed E-state index contributed by atoms with van der Waals surface area (Å²) < 4.78 is 23.4. The van der Waals surface area contributed by atoms with Gasteiger partial charge in [-0.25, -0.2) is 9.02 Å². The first-order valence-corrected chi connectivity index (χ1v) is 8.11. The third kappa shape index (κ3) is 3.73. The molecule has 1 aromatic carbocycles. The van der Waals surface area contributed by atoms with E-state index in [0.717, 1.165) is 11.1 Å². The molecule has 0 fully saturated rings. The molecule has 1 aliphatic rings. The first-order chi connectivity index (χ1) is 12.6. The predicted molar refractivity (Wildman–Crippen MR) is 87.4 cm³/mol. The van der Waals surface area contributed by atoms with Gasteiger partial charge in [0.2, 0.25) is 17.4 Å². The number of nitrogens with zero attached hydrogens (tertiary/aromatic N) is 3. The smallest absolute Gasteiger partial charge is 0.287 e. The highest BCUT2D eigenvalue weighted by molar-refractivity contribution is 5.98. The van der Waals surface area contributed by atoms with Crippen molar-refractivity contribution in [2.75, 3.05) is 13.2 Å². The highest BCUT2D eigenvalue weighted by Gasteiger charge is 2.30. The zero-order chi connectivity index (χ0) is 18.5. The minimum absolute atomic E-state index is 0.00115. The number of amides is 1. The summed E-state index contributed by atoms with van der Waals surface area (Å²) in [5.74, 6) is -0.408. The van der Waals surface area contributed by atoms with Crippen molar-refractivity contribution in [3.05, 3.63) is 40.8 Å². The van der Waals surface area contributed by atoms with Crippen LogP contribution in [0.3, 0.4) is 0 Å². The van der Waals surface area contributed by atoms with E-state index in [9.17, 15) is 14.4 Å². The molecule has 1 atom stereocenters. The summed E-state index contributed by atoms with van der Waals surface area (Å²) in [5, 5.41) is 25.4. The van der Waals surface area contributed by atoms with Crippen LogP contribution in [0.4, 0.5) is 4.39 Å². The Bertz CT molecular complexity index is 823. The van der Waals surface area contributed by atoms with Crippen LogP contribution >= 0.6 is 0 Å². The van der Waals surface area contributed by atoms with Crippen molar-refractivity contribution in [2.45, 2.75) is 25.8 Å². The first kappa shape index (κ1) is 17.6. The third-order valence-corrected chi connectivity index (χ3v) is 3.99. The second kappa shape index (κ2) is 7.81. The van der Waals surface area contributed by atoms with Crippen molar-refractivity contribution in [2.24, 2.45) is 5.16 Å². The van der Waals surface area contributed by atoms with E-state index in [-0.39, 0.29) is 48.3 Å². The van der Waals surface area contributed by atoms with Crippen molar-refractivity contribution in [3.63, 3.8) is 0 Å².